The molecule has 0 heterocycles. The number of aliphatic hydroxyl groups is 1. The van der Waals surface area contributed by atoms with Crippen molar-refractivity contribution in [3.63, 3.8) is 0 Å². The van der Waals surface area contributed by atoms with Crippen LogP contribution < -0.4 is 5.32 Å². The van der Waals surface area contributed by atoms with Gasteiger partial charge in [-0.15, -0.1) is 0 Å². The van der Waals surface area contributed by atoms with Crippen molar-refractivity contribution in [2.24, 2.45) is 0 Å². The molecule has 6 heteroatoms. The monoisotopic (exact) mass is 286 g/mol. The van der Waals surface area contributed by atoms with E-state index in [-0.39, 0.29) is 17.5 Å². The van der Waals surface area contributed by atoms with Crippen molar-refractivity contribution < 1.29 is 13.5 Å². The molecule has 0 aliphatic rings. The molecule has 108 valence electrons. The number of aliphatic hydroxyl groups excluding tert-OH is 1. The van der Waals surface area contributed by atoms with Crippen LogP contribution in [-0.2, 0) is 10.0 Å². The topological polar surface area (TPSA) is 69.6 Å². The second-order valence-corrected chi connectivity index (χ2v) is 6.76. The molecule has 0 aliphatic heterocycles. The molecule has 0 radical (unpaired) electrons. The Bertz CT molecular complexity index is 514. The Hall–Kier alpha value is -0.950. The summed E-state index contributed by atoms with van der Waals surface area (Å²) in [6.45, 7) is 3.60. The standard InChI is InChI=1S/C13H22N2O3S/c1-10(16)9-15(4)19(17,18)13-7-5-6-12(8-13)11(2)14-3/h5-8,10-11,14,16H,9H2,1-4H3. The average Bonchev–Trinajstić information content (AvgIpc) is 2.37. The largest absolute Gasteiger partial charge is 0.392 e. The zero-order valence-corrected chi connectivity index (χ0v) is 12.6. The van der Waals surface area contributed by atoms with Crippen LogP contribution in [0.2, 0.25) is 0 Å². The highest BCUT2D eigenvalue weighted by Crippen LogP contribution is 2.19. The van der Waals surface area contributed by atoms with Crippen molar-refractivity contribution in [3.8, 4) is 0 Å². The Labute approximate surface area is 115 Å². The Morgan fingerprint density at radius 1 is 1.37 bits per heavy atom. The van der Waals surface area contributed by atoms with Crippen LogP contribution in [0.25, 0.3) is 0 Å². The molecule has 5 nitrogen and oxygen atoms in total. The van der Waals surface area contributed by atoms with Gasteiger partial charge in [0.1, 0.15) is 0 Å². The fraction of sp³-hybridized carbons (Fsp3) is 0.538. The summed E-state index contributed by atoms with van der Waals surface area (Å²) in [5.74, 6) is 0. The zero-order valence-electron chi connectivity index (χ0n) is 11.8. The van der Waals surface area contributed by atoms with Crippen molar-refractivity contribution in [2.45, 2.75) is 30.9 Å². The molecule has 0 aliphatic carbocycles. The van der Waals surface area contributed by atoms with Gasteiger partial charge in [0, 0.05) is 19.6 Å². The van der Waals surface area contributed by atoms with Crippen LogP contribution in [0.3, 0.4) is 0 Å². The number of sulfonamides is 1. The van der Waals surface area contributed by atoms with Gasteiger partial charge >= 0.3 is 0 Å². The molecule has 0 spiro atoms. The number of benzene rings is 1. The van der Waals surface area contributed by atoms with E-state index >= 15 is 0 Å². The molecule has 0 amide bonds. The normalized spacial score (nSPS) is 15.5. The van der Waals surface area contributed by atoms with Gasteiger partial charge in [0.05, 0.1) is 11.0 Å². The van der Waals surface area contributed by atoms with Crippen LogP contribution in [0.15, 0.2) is 29.2 Å². The van der Waals surface area contributed by atoms with E-state index in [1.807, 2.05) is 20.0 Å². The van der Waals surface area contributed by atoms with Crippen LogP contribution in [0.1, 0.15) is 25.5 Å². The van der Waals surface area contributed by atoms with Gasteiger partial charge < -0.3 is 10.4 Å². The minimum Gasteiger partial charge on any atom is -0.392 e. The quantitative estimate of drug-likeness (QED) is 0.817. The minimum atomic E-state index is -3.55. The third kappa shape index (κ3) is 4.01. The molecule has 1 rings (SSSR count). The fourth-order valence-corrected chi connectivity index (χ4v) is 3.07. The van der Waals surface area contributed by atoms with Crippen LogP contribution in [-0.4, -0.2) is 44.6 Å². The third-order valence-corrected chi connectivity index (χ3v) is 4.84. The molecule has 0 saturated carbocycles. The number of nitrogens with one attached hydrogen (secondary N) is 1. The first-order valence-corrected chi connectivity index (χ1v) is 7.64. The van der Waals surface area contributed by atoms with Crippen molar-refractivity contribution in [1.82, 2.24) is 9.62 Å². The highest BCUT2D eigenvalue weighted by atomic mass is 32.2. The van der Waals surface area contributed by atoms with Crippen LogP contribution in [0.4, 0.5) is 0 Å². The number of hydrogen-bond donors (Lipinski definition) is 2. The predicted octanol–water partition coefficient (Wildman–Crippen LogP) is 0.968. The van der Waals surface area contributed by atoms with E-state index in [1.165, 1.54) is 11.4 Å². The summed E-state index contributed by atoms with van der Waals surface area (Å²) in [6, 6.07) is 6.92. The summed E-state index contributed by atoms with van der Waals surface area (Å²) in [6.07, 6.45) is -0.695. The first-order valence-electron chi connectivity index (χ1n) is 6.20. The van der Waals surface area contributed by atoms with Gasteiger partial charge in [0.25, 0.3) is 0 Å². The predicted molar refractivity (Wildman–Crippen MR) is 75.4 cm³/mol. The number of rotatable bonds is 6. The maximum absolute atomic E-state index is 12.3. The van der Waals surface area contributed by atoms with Crippen molar-refractivity contribution >= 4 is 10.0 Å². The van der Waals surface area contributed by atoms with E-state index in [0.29, 0.717) is 0 Å². The van der Waals surface area contributed by atoms with Crippen molar-refractivity contribution in [1.29, 1.82) is 0 Å². The van der Waals surface area contributed by atoms with Gasteiger partial charge in [0.15, 0.2) is 0 Å². The minimum absolute atomic E-state index is 0.0775. The average molecular weight is 286 g/mol. The first-order chi connectivity index (χ1) is 8.78. The van der Waals surface area contributed by atoms with Gasteiger partial charge in [-0.25, -0.2) is 8.42 Å². The lowest BCUT2D eigenvalue weighted by atomic mass is 10.1. The molecular weight excluding hydrogens is 264 g/mol. The van der Waals surface area contributed by atoms with Gasteiger partial charge in [-0.1, -0.05) is 12.1 Å². The van der Waals surface area contributed by atoms with Gasteiger partial charge in [-0.05, 0) is 38.6 Å². The van der Waals surface area contributed by atoms with Crippen LogP contribution in [0, 0.1) is 0 Å². The van der Waals surface area contributed by atoms with E-state index in [2.05, 4.69) is 5.32 Å². The van der Waals surface area contributed by atoms with E-state index < -0.39 is 16.1 Å². The Morgan fingerprint density at radius 2 is 2.00 bits per heavy atom. The summed E-state index contributed by atoms with van der Waals surface area (Å²) in [7, 11) is -0.259. The molecule has 2 N–H and O–H groups in total. The van der Waals surface area contributed by atoms with E-state index in [1.54, 1.807) is 25.1 Å². The molecule has 2 unspecified atom stereocenters. The van der Waals surface area contributed by atoms with E-state index in [4.69, 9.17) is 0 Å². The smallest absolute Gasteiger partial charge is 0.242 e. The molecule has 0 bridgehead atoms. The molecule has 0 aromatic heterocycles. The lowest BCUT2D eigenvalue weighted by molar-refractivity contribution is 0.171. The first kappa shape index (κ1) is 16.1. The highest BCUT2D eigenvalue weighted by Gasteiger charge is 2.22. The summed E-state index contributed by atoms with van der Waals surface area (Å²) in [4.78, 5) is 0.246. The molecule has 19 heavy (non-hydrogen) atoms. The lowest BCUT2D eigenvalue weighted by Gasteiger charge is -2.19. The molecule has 1 aromatic rings. The summed E-state index contributed by atoms with van der Waals surface area (Å²) in [5, 5.41) is 12.4. The van der Waals surface area contributed by atoms with E-state index in [0.717, 1.165) is 5.56 Å². The molecule has 0 fully saturated rings. The Kier molecular flexibility index (Phi) is 5.49. The highest BCUT2D eigenvalue weighted by molar-refractivity contribution is 7.89. The second kappa shape index (κ2) is 6.47. The Balaban J connectivity index is 3.08. The number of hydrogen-bond acceptors (Lipinski definition) is 4. The lowest BCUT2D eigenvalue weighted by Crippen LogP contribution is -2.33. The number of nitrogens with zero attached hydrogens (tertiary/aromatic N) is 1. The van der Waals surface area contributed by atoms with Gasteiger partial charge in [-0.2, -0.15) is 4.31 Å². The molecule has 2 atom stereocenters. The maximum Gasteiger partial charge on any atom is 0.242 e. The number of likely N-dealkylation sites (N-methyl/N-ethyl adjacent to an activating group) is 1. The van der Waals surface area contributed by atoms with Crippen molar-refractivity contribution in [2.75, 3.05) is 20.6 Å². The zero-order chi connectivity index (χ0) is 14.6. The Morgan fingerprint density at radius 3 is 2.53 bits per heavy atom. The molecule has 0 saturated heterocycles. The van der Waals surface area contributed by atoms with Crippen LogP contribution >= 0.6 is 0 Å². The molecule has 1 aromatic carbocycles. The second-order valence-electron chi connectivity index (χ2n) is 4.72. The third-order valence-electron chi connectivity index (χ3n) is 3.02. The van der Waals surface area contributed by atoms with Crippen molar-refractivity contribution in [3.05, 3.63) is 29.8 Å². The fourth-order valence-electron chi connectivity index (χ4n) is 1.76. The van der Waals surface area contributed by atoms with Crippen LogP contribution in [0.5, 0.6) is 0 Å². The SMILES string of the molecule is CNC(C)c1cccc(S(=O)(=O)N(C)CC(C)O)c1. The van der Waals surface area contributed by atoms with Gasteiger partial charge in [0.2, 0.25) is 10.0 Å². The van der Waals surface area contributed by atoms with E-state index in [9.17, 15) is 13.5 Å². The van der Waals surface area contributed by atoms with Gasteiger partial charge in [-0.3, -0.25) is 0 Å². The summed E-state index contributed by atoms with van der Waals surface area (Å²) in [5.41, 5.74) is 0.911. The summed E-state index contributed by atoms with van der Waals surface area (Å²) >= 11 is 0. The molecular formula is C13H22N2O3S. The maximum atomic E-state index is 12.3. The summed E-state index contributed by atoms with van der Waals surface area (Å²) < 4.78 is 25.8.